The second-order valence-corrected chi connectivity index (χ2v) is 14.4. The van der Waals surface area contributed by atoms with Crippen molar-refractivity contribution in [2.24, 2.45) is 0 Å². The second kappa shape index (κ2) is 8.49. The minimum absolute atomic E-state index is 0. The van der Waals surface area contributed by atoms with Gasteiger partial charge in [-0.05, 0) is 0 Å². The predicted molar refractivity (Wildman–Crippen MR) is 114 cm³/mol. The summed E-state index contributed by atoms with van der Waals surface area (Å²) in [6.07, 6.45) is 17.1. The van der Waals surface area contributed by atoms with Crippen LogP contribution in [0.4, 0.5) is 0 Å². The molecule has 0 bridgehead atoms. The van der Waals surface area contributed by atoms with E-state index in [1.54, 1.807) is 6.49 Å². The number of hydrogen-bond donors (Lipinski definition) is 0. The van der Waals surface area contributed by atoms with Gasteiger partial charge in [-0.3, -0.25) is 0 Å². The van der Waals surface area contributed by atoms with Crippen molar-refractivity contribution in [2.45, 2.75) is 23.6 Å². The number of allylic oxidation sites excluding steroid dienone is 6. The van der Waals surface area contributed by atoms with Crippen LogP contribution in [0.1, 0.15) is 31.4 Å². The van der Waals surface area contributed by atoms with Gasteiger partial charge in [0.05, 0.1) is 0 Å². The Morgan fingerprint density at radius 2 is 1.85 bits per heavy atom. The molecule has 1 nitrogen and oxygen atoms in total. The summed E-state index contributed by atoms with van der Waals surface area (Å²) in [7, 11) is 1.89. The van der Waals surface area contributed by atoms with Crippen LogP contribution < -0.4 is 0 Å². The molecule has 0 spiro atoms. The van der Waals surface area contributed by atoms with Gasteiger partial charge in [-0.1, -0.05) is 0 Å². The average Bonchev–Trinajstić information content (AvgIpc) is 3.23. The number of ether oxygens (including phenoxy) is 1. The third-order valence-corrected chi connectivity index (χ3v) is 13.5. The quantitative estimate of drug-likeness (QED) is 0.539. The van der Waals surface area contributed by atoms with E-state index < -0.39 is 21.3 Å². The monoisotopic (exact) mass is 464 g/mol. The van der Waals surface area contributed by atoms with Crippen molar-refractivity contribution >= 4 is 39.7 Å². The summed E-state index contributed by atoms with van der Waals surface area (Å²) in [5.41, 5.74) is 5.38. The fraction of sp³-hybridized carbons (Fsp3) is 0.227. The van der Waals surface area contributed by atoms with Crippen molar-refractivity contribution < 1.29 is 26.0 Å². The van der Waals surface area contributed by atoms with Crippen LogP contribution in [-0.4, -0.2) is 13.6 Å². The van der Waals surface area contributed by atoms with Gasteiger partial charge in [0.1, 0.15) is 0 Å². The molecule has 1 aromatic rings. The van der Waals surface area contributed by atoms with Crippen molar-refractivity contribution in [2.75, 3.05) is 7.11 Å². The number of methoxy groups -OCH3 is 1. The topological polar surface area (TPSA) is 9.23 Å². The number of fused-ring (bicyclic) bond motifs is 3. The zero-order chi connectivity index (χ0) is 16.7. The van der Waals surface area contributed by atoms with Gasteiger partial charge in [-0.2, -0.15) is 0 Å². The summed E-state index contributed by atoms with van der Waals surface area (Å²) in [4.78, 5) is 0. The Labute approximate surface area is 176 Å². The van der Waals surface area contributed by atoms with Crippen LogP contribution >= 0.6 is 24.8 Å². The van der Waals surface area contributed by atoms with Gasteiger partial charge < -0.3 is 0 Å². The second-order valence-electron chi connectivity index (χ2n) is 6.72. The van der Waals surface area contributed by atoms with Crippen molar-refractivity contribution in [3.63, 3.8) is 0 Å². The SMILES string of the molecule is CO[C]1([Zr]([C]2=CC=CC2)=[C](C)C)C=CC=C2C1=Cc1ccccc12.Cl.Cl. The Kier molecular flexibility index (Phi) is 7.02. The Morgan fingerprint density at radius 3 is 2.50 bits per heavy atom. The molecule has 3 aliphatic rings. The third-order valence-electron chi connectivity index (χ3n) is 5.12. The minimum atomic E-state index is -2.21. The molecular formula is C22H24Cl2OZr. The standard InChI is InChI=1S/C14H11O.C5H5.C3H6.2ClH.Zr/c1-15-14-8-4-7-12-11-6-3-2-5-10(11)9-13(12)14;1-2-4-5-3-1;1-3-2;;;/h2-9H,1H3;1-3H,4H2;1-2H3;2*1H;. The van der Waals surface area contributed by atoms with Crippen LogP contribution in [0, 0.1) is 0 Å². The summed E-state index contributed by atoms with van der Waals surface area (Å²) in [6.45, 7) is 4.62. The Balaban J connectivity index is 0.00000121. The summed E-state index contributed by atoms with van der Waals surface area (Å²) in [6, 6.07) is 8.69. The molecule has 0 aromatic heterocycles. The maximum absolute atomic E-state index is 6.36. The summed E-state index contributed by atoms with van der Waals surface area (Å²) < 4.78 is 9.34. The molecule has 1 aromatic carbocycles. The van der Waals surface area contributed by atoms with Crippen LogP contribution in [-0.2, 0) is 26.0 Å². The fourth-order valence-corrected chi connectivity index (χ4v) is 12.5. The molecule has 0 radical (unpaired) electrons. The first-order valence-electron chi connectivity index (χ1n) is 8.48. The average molecular weight is 467 g/mol. The molecule has 136 valence electrons. The molecule has 1 atom stereocenters. The molecule has 0 saturated heterocycles. The van der Waals surface area contributed by atoms with Crippen molar-refractivity contribution in [3.8, 4) is 0 Å². The van der Waals surface area contributed by atoms with Crippen molar-refractivity contribution in [1.82, 2.24) is 0 Å². The van der Waals surface area contributed by atoms with Gasteiger partial charge in [0.15, 0.2) is 0 Å². The molecule has 0 N–H and O–H groups in total. The molecule has 0 fully saturated rings. The molecule has 0 aliphatic heterocycles. The number of benzene rings is 1. The van der Waals surface area contributed by atoms with Crippen LogP contribution in [0.5, 0.6) is 0 Å². The van der Waals surface area contributed by atoms with E-state index in [0.29, 0.717) is 0 Å². The predicted octanol–water partition coefficient (Wildman–Crippen LogP) is 5.90. The van der Waals surface area contributed by atoms with E-state index in [2.05, 4.69) is 80.6 Å². The van der Waals surface area contributed by atoms with E-state index in [4.69, 9.17) is 4.74 Å². The largest absolute Gasteiger partial charge is 0.147 e. The van der Waals surface area contributed by atoms with E-state index in [1.165, 1.54) is 22.3 Å². The smallest absolute Gasteiger partial charge is 0.147 e. The van der Waals surface area contributed by atoms with E-state index in [0.717, 1.165) is 6.42 Å². The van der Waals surface area contributed by atoms with E-state index in [9.17, 15) is 0 Å². The van der Waals surface area contributed by atoms with Crippen LogP contribution in [0.25, 0.3) is 11.6 Å². The maximum atomic E-state index is 6.36. The third kappa shape index (κ3) is 3.27. The van der Waals surface area contributed by atoms with Gasteiger partial charge in [-0.15, -0.1) is 24.8 Å². The molecule has 26 heavy (non-hydrogen) atoms. The van der Waals surface area contributed by atoms with E-state index >= 15 is 0 Å². The van der Waals surface area contributed by atoms with E-state index in [-0.39, 0.29) is 28.1 Å². The van der Waals surface area contributed by atoms with Crippen LogP contribution in [0.2, 0.25) is 0 Å². The number of hydrogen-bond acceptors (Lipinski definition) is 1. The molecule has 1 unspecified atom stereocenters. The minimum Gasteiger partial charge on any atom is -0.147 e. The Morgan fingerprint density at radius 1 is 1.08 bits per heavy atom. The number of rotatable bonds is 3. The molecular weight excluding hydrogens is 442 g/mol. The maximum Gasteiger partial charge on any atom is -0.147 e. The fourth-order valence-electron chi connectivity index (χ4n) is 4.16. The summed E-state index contributed by atoms with van der Waals surface area (Å²) in [5.74, 6) is 0. The normalized spacial score (nSPS) is 21.6. The van der Waals surface area contributed by atoms with Gasteiger partial charge >= 0.3 is 152 Å². The van der Waals surface area contributed by atoms with Gasteiger partial charge in [0.2, 0.25) is 0 Å². The summed E-state index contributed by atoms with van der Waals surface area (Å²) >= 11 is -2.21. The zero-order valence-corrected chi connectivity index (χ0v) is 19.4. The zero-order valence-electron chi connectivity index (χ0n) is 15.3. The molecule has 0 heterocycles. The molecule has 3 aliphatic carbocycles. The van der Waals surface area contributed by atoms with Crippen LogP contribution in [0.3, 0.4) is 0 Å². The van der Waals surface area contributed by atoms with Crippen LogP contribution in [0.15, 0.2) is 69.6 Å². The first-order valence-corrected chi connectivity index (χ1v) is 12.2. The molecule has 4 heteroatoms. The molecule has 0 amide bonds. The van der Waals surface area contributed by atoms with Gasteiger partial charge in [0.25, 0.3) is 0 Å². The first-order chi connectivity index (χ1) is 11.7. The Hall–Kier alpha value is -0.787. The molecule has 0 saturated carbocycles. The first kappa shape index (κ1) is 21.5. The van der Waals surface area contributed by atoms with Crippen molar-refractivity contribution in [3.05, 3.63) is 80.7 Å². The summed E-state index contributed by atoms with van der Waals surface area (Å²) in [5, 5.41) is 0. The number of halogens is 2. The van der Waals surface area contributed by atoms with E-state index in [1.807, 2.05) is 7.11 Å². The molecule has 4 rings (SSSR count). The van der Waals surface area contributed by atoms with Gasteiger partial charge in [-0.25, -0.2) is 0 Å². The Bertz CT molecular complexity index is 898. The van der Waals surface area contributed by atoms with Gasteiger partial charge in [0, 0.05) is 0 Å². The van der Waals surface area contributed by atoms with Crippen molar-refractivity contribution in [1.29, 1.82) is 0 Å².